The molecule has 0 N–H and O–H groups in total. The normalized spacial score (nSPS) is 18.4. The predicted octanol–water partition coefficient (Wildman–Crippen LogP) is 3.62. The van der Waals surface area contributed by atoms with Gasteiger partial charge < -0.3 is 14.2 Å². The topological polar surface area (TPSA) is 79.1 Å². The molecule has 1 atom stereocenters. The summed E-state index contributed by atoms with van der Waals surface area (Å²) >= 11 is 1.21. The molecular weight excluding hydrogens is 476 g/mol. The van der Waals surface area contributed by atoms with Crippen molar-refractivity contribution in [2.75, 3.05) is 21.3 Å². The Morgan fingerprint density at radius 3 is 2.31 bits per heavy atom. The number of esters is 1. The molecule has 0 spiro atoms. The Labute approximate surface area is 212 Å². The fraction of sp³-hybridized carbons (Fsp3) is 0.250. The van der Waals surface area contributed by atoms with Gasteiger partial charge in [-0.1, -0.05) is 35.6 Å². The van der Waals surface area contributed by atoms with Gasteiger partial charge in [0.2, 0.25) is 0 Å². The third kappa shape index (κ3) is 4.40. The maximum atomic E-state index is 13.5. The fourth-order valence-corrected chi connectivity index (χ4v) is 5.67. The van der Waals surface area contributed by atoms with Crippen LogP contribution in [0.1, 0.15) is 36.4 Å². The highest BCUT2D eigenvalue weighted by atomic mass is 32.1. The van der Waals surface area contributed by atoms with Crippen LogP contribution < -0.4 is 24.4 Å². The molecule has 1 aliphatic heterocycles. The van der Waals surface area contributed by atoms with Gasteiger partial charge in [0.15, 0.2) is 4.80 Å². The second-order valence-electron chi connectivity index (χ2n) is 8.55. The lowest BCUT2D eigenvalue weighted by Gasteiger charge is -2.31. The summed E-state index contributed by atoms with van der Waals surface area (Å²) in [4.78, 5) is 30.9. The first kappa shape index (κ1) is 23.8. The van der Waals surface area contributed by atoms with Crippen LogP contribution in [0.4, 0.5) is 0 Å². The van der Waals surface area contributed by atoms with E-state index in [0.717, 1.165) is 58.7 Å². The Morgan fingerprint density at radius 2 is 1.67 bits per heavy atom. The Kier molecular flexibility index (Phi) is 6.61. The van der Waals surface area contributed by atoms with E-state index >= 15 is 0 Å². The van der Waals surface area contributed by atoms with Crippen LogP contribution >= 0.6 is 11.3 Å². The number of thiazole rings is 1. The summed E-state index contributed by atoms with van der Waals surface area (Å²) in [6.07, 6.45) is 6.07. The second kappa shape index (κ2) is 9.99. The van der Waals surface area contributed by atoms with Crippen molar-refractivity contribution in [3.05, 3.63) is 96.2 Å². The second-order valence-corrected chi connectivity index (χ2v) is 9.56. The average molecular weight is 503 g/mol. The van der Waals surface area contributed by atoms with Gasteiger partial charge in [-0.25, -0.2) is 9.79 Å². The van der Waals surface area contributed by atoms with Crippen LogP contribution in [0, 0.1) is 0 Å². The molecule has 0 saturated carbocycles. The summed E-state index contributed by atoms with van der Waals surface area (Å²) in [6.45, 7) is 0. The van der Waals surface area contributed by atoms with E-state index < -0.39 is 5.97 Å². The molecule has 2 aromatic carbocycles. The van der Waals surface area contributed by atoms with Crippen molar-refractivity contribution >= 4 is 29.5 Å². The van der Waals surface area contributed by atoms with E-state index in [1.165, 1.54) is 24.5 Å². The molecular formula is C28H26N2O5S. The fourth-order valence-electron chi connectivity index (χ4n) is 4.71. The number of carbonyl (C=O) groups excluding carboxylic acids is 1. The minimum atomic E-state index is -0.565. The van der Waals surface area contributed by atoms with Crippen LogP contribution in [0.5, 0.6) is 11.5 Å². The van der Waals surface area contributed by atoms with E-state index in [1.54, 1.807) is 18.8 Å². The van der Waals surface area contributed by atoms with E-state index in [2.05, 4.69) is 6.08 Å². The molecule has 2 heterocycles. The Bertz CT molecular complexity index is 1540. The highest BCUT2D eigenvalue weighted by Crippen LogP contribution is 2.41. The van der Waals surface area contributed by atoms with Crippen LogP contribution in [0.3, 0.4) is 0 Å². The number of carbonyl (C=O) groups is 1. The molecule has 7 nitrogen and oxygen atoms in total. The molecule has 8 heteroatoms. The summed E-state index contributed by atoms with van der Waals surface area (Å²) in [5.74, 6) is 0.986. The SMILES string of the molecule is COC(=O)C=c1sc2n(c1=O)C(c1ccc(OC)cc1)C1=C(N=2)C(=Cc2ccc(OC)cc2)CCC1. The van der Waals surface area contributed by atoms with Gasteiger partial charge in [0.05, 0.1) is 33.1 Å². The quantitative estimate of drug-likeness (QED) is 0.498. The number of methoxy groups -OCH3 is 3. The van der Waals surface area contributed by atoms with Gasteiger partial charge in [-0.2, -0.15) is 0 Å². The van der Waals surface area contributed by atoms with Crippen molar-refractivity contribution in [1.82, 2.24) is 4.57 Å². The Morgan fingerprint density at radius 1 is 1.00 bits per heavy atom. The average Bonchev–Trinajstić information content (AvgIpc) is 3.22. The maximum absolute atomic E-state index is 13.5. The molecule has 1 unspecified atom stereocenters. The molecule has 184 valence electrons. The van der Waals surface area contributed by atoms with Gasteiger partial charge in [-0.3, -0.25) is 9.36 Å². The molecule has 0 amide bonds. The summed E-state index contributed by atoms with van der Waals surface area (Å²) in [6, 6.07) is 15.4. The Hall–Kier alpha value is -3.91. The number of allylic oxidation sites excluding steroid dienone is 2. The van der Waals surface area contributed by atoms with Crippen molar-refractivity contribution in [1.29, 1.82) is 0 Å². The molecule has 36 heavy (non-hydrogen) atoms. The number of ether oxygens (including phenoxy) is 3. The van der Waals surface area contributed by atoms with Crippen molar-refractivity contribution < 1.29 is 19.0 Å². The van der Waals surface area contributed by atoms with E-state index in [-0.39, 0.29) is 11.6 Å². The summed E-state index contributed by atoms with van der Waals surface area (Å²) in [7, 11) is 4.58. The summed E-state index contributed by atoms with van der Waals surface area (Å²) < 4.78 is 17.4. The number of aromatic nitrogens is 1. The van der Waals surface area contributed by atoms with Gasteiger partial charge in [-0.15, -0.1) is 0 Å². The summed E-state index contributed by atoms with van der Waals surface area (Å²) in [5, 5.41) is 0. The minimum Gasteiger partial charge on any atom is -0.497 e. The molecule has 3 aromatic rings. The van der Waals surface area contributed by atoms with Crippen molar-refractivity contribution in [2.24, 2.45) is 4.99 Å². The van der Waals surface area contributed by atoms with Crippen molar-refractivity contribution in [3.8, 4) is 11.5 Å². The third-order valence-electron chi connectivity index (χ3n) is 6.47. The number of hydrogen-bond acceptors (Lipinski definition) is 7. The molecule has 5 rings (SSSR count). The summed E-state index contributed by atoms with van der Waals surface area (Å²) in [5.41, 5.74) is 4.93. The predicted molar refractivity (Wildman–Crippen MR) is 139 cm³/mol. The van der Waals surface area contributed by atoms with Crippen LogP contribution in [-0.2, 0) is 9.53 Å². The van der Waals surface area contributed by atoms with Gasteiger partial charge in [0.1, 0.15) is 16.0 Å². The highest BCUT2D eigenvalue weighted by Gasteiger charge is 2.32. The molecule has 0 bridgehead atoms. The molecule has 0 fully saturated rings. The molecule has 1 aliphatic carbocycles. The zero-order chi connectivity index (χ0) is 25.2. The molecule has 2 aliphatic rings. The number of fused-ring (bicyclic) bond motifs is 1. The molecule has 0 saturated heterocycles. The smallest absolute Gasteiger partial charge is 0.332 e. The monoisotopic (exact) mass is 502 g/mol. The zero-order valence-electron chi connectivity index (χ0n) is 20.3. The van der Waals surface area contributed by atoms with Crippen LogP contribution in [0.15, 0.2) is 75.2 Å². The number of hydrogen-bond donors (Lipinski definition) is 0. The highest BCUT2D eigenvalue weighted by molar-refractivity contribution is 7.07. The van der Waals surface area contributed by atoms with Gasteiger partial charge in [-0.05, 0) is 71.9 Å². The Balaban J connectivity index is 1.71. The maximum Gasteiger partial charge on any atom is 0.332 e. The lowest BCUT2D eigenvalue weighted by molar-refractivity contribution is -0.133. The largest absolute Gasteiger partial charge is 0.497 e. The van der Waals surface area contributed by atoms with Crippen LogP contribution in [0.25, 0.3) is 12.2 Å². The number of nitrogens with zero attached hydrogens (tertiary/aromatic N) is 2. The first-order valence-corrected chi connectivity index (χ1v) is 12.5. The van der Waals surface area contributed by atoms with Crippen LogP contribution in [-0.4, -0.2) is 31.9 Å². The van der Waals surface area contributed by atoms with Gasteiger partial charge in [0, 0.05) is 6.08 Å². The van der Waals surface area contributed by atoms with Gasteiger partial charge >= 0.3 is 5.97 Å². The lowest BCUT2D eigenvalue weighted by Crippen LogP contribution is -2.39. The third-order valence-corrected chi connectivity index (χ3v) is 7.45. The van der Waals surface area contributed by atoms with Crippen molar-refractivity contribution in [3.63, 3.8) is 0 Å². The van der Waals surface area contributed by atoms with Gasteiger partial charge in [0.25, 0.3) is 5.56 Å². The lowest BCUT2D eigenvalue weighted by atomic mass is 9.84. The first-order chi connectivity index (χ1) is 17.5. The first-order valence-electron chi connectivity index (χ1n) is 11.6. The zero-order valence-corrected chi connectivity index (χ0v) is 21.1. The molecule has 0 radical (unpaired) electrons. The van der Waals surface area contributed by atoms with Crippen molar-refractivity contribution in [2.45, 2.75) is 25.3 Å². The standard InChI is InChI=1S/C28H26N2O5S/c1-33-20-11-7-17(8-12-20)15-19-5-4-6-22-25(19)29-28-30(27(32)23(36-28)16-24(31)35-3)26(22)18-9-13-21(34-2)14-10-18/h7-16,26H,4-6H2,1-3H3. The number of benzene rings is 2. The van der Waals surface area contributed by atoms with Crippen LogP contribution in [0.2, 0.25) is 0 Å². The minimum absolute atomic E-state index is 0.247. The van der Waals surface area contributed by atoms with E-state index in [4.69, 9.17) is 19.2 Å². The van der Waals surface area contributed by atoms with E-state index in [1.807, 2.05) is 48.5 Å². The number of rotatable bonds is 5. The molecule has 1 aromatic heterocycles. The van der Waals surface area contributed by atoms with E-state index in [9.17, 15) is 9.59 Å². The van der Waals surface area contributed by atoms with E-state index in [0.29, 0.717) is 9.33 Å².